The Morgan fingerprint density at radius 2 is 1.70 bits per heavy atom. The molecule has 5 N–H and O–H groups in total. The van der Waals surface area contributed by atoms with Gasteiger partial charge in [0.05, 0.1) is 12.2 Å². The first kappa shape index (κ1) is 24.0. The predicted octanol–water partition coefficient (Wildman–Crippen LogP) is 2.12. The number of aromatic nitrogens is 4. The summed E-state index contributed by atoms with van der Waals surface area (Å²) in [7, 11) is 1.83. The van der Waals surface area contributed by atoms with Gasteiger partial charge in [0.25, 0.3) is 5.56 Å². The van der Waals surface area contributed by atoms with Gasteiger partial charge in [0.1, 0.15) is 23.1 Å². The summed E-state index contributed by atoms with van der Waals surface area (Å²) >= 11 is 0. The summed E-state index contributed by atoms with van der Waals surface area (Å²) in [6, 6.07) is 9.02. The Kier molecular flexibility index (Phi) is 7.81. The van der Waals surface area contributed by atoms with E-state index in [0.717, 1.165) is 29.9 Å². The van der Waals surface area contributed by atoms with Crippen molar-refractivity contribution in [3.05, 3.63) is 62.4 Å². The molecule has 33 heavy (non-hydrogen) atoms. The second kappa shape index (κ2) is 10.8. The van der Waals surface area contributed by atoms with E-state index in [2.05, 4.69) is 15.7 Å². The molecule has 0 unspecified atom stereocenters. The lowest BCUT2D eigenvalue weighted by atomic mass is 10.1. The van der Waals surface area contributed by atoms with E-state index in [9.17, 15) is 14.7 Å². The minimum atomic E-state index is -0.402. The zero-order valence-corrected chi connectivity index (χ0v) is 19.5. The SMILES string of the molecule is CCCn1c(N)c(NCc2cc(NCCc3ccc(O)cc3)nn2C)c(=O)n(CCC)c1=O. The standard InChI is InChI=1S/C23H33N7O3/c1-4-12-29-21(24)20(22(32)30(13-5-2)23(29)33)26-15-17-14-19(27-28(17)3)25-11-10-16-6-8-18(31)9-7-16/h6-9,14,26,31H,4-5,10-13,15,24H2,1-3H3,(H,25,27). The number of rotatable bonds is 11. The second-order valence-corrected chi connectivity index (χ2v) is 7.99. The highest BCUT2D eigenvalue weighted by atomic mass is 16.3. The first-order valence-electron chi connectivity index (χ1n) is 11.3. The maximum absolute atomic E-state index is 12.9. The average Bonchev–Trinajstić information content (AvgIpc) is 3.15. The number of hydrogen-bond donors (Lipinski definition) is 4. The van der Waals surface area contributed by atoms with Crippen LogP contribution < -0.4 is 27.6 Å². The van der Waals surface area contributed by atoms with E-state index in [1.807, 2.05) is 39.1 Å². The van der Waals surface area contributed by atoms with E-state index in [-0.39, 0.29) is 22.9 Å². The Morgan fingerprint density at radius 1 is 1.03 bits per heavy atom. The summed E-state index contributed by atoms with van der Waals surface area (Å²) in [6.45, 7) is 5.69. The zero-order chi connectivity index (χ0) is 24.0. The van der Waals surface area contributed by atoms with Crippen LogP contribution in [0, 0.1) is 0 Å². The Hall–Kier alpha value is -3.69. The summed E-state index contributed by atoms with van der Waals surface area (Å²) < 4.78 is 4.44. The zero-order valence-electron chi connectivity index (χ0n) is 19.5. The number of benzene rings is 1. The van der Waals surface area contributed by atoms with Crippen LogP contribution in [0.2, 0.25) is 0 Å². The van der Waals surface area contributed by atoms with Gasteiger partial charge in [-0.25, -0.2) is 4.79 Å². The fourth-order valence-corrected chi connectivity index (χ4v) is 3.68. The van der Waals surface area contributed by atoms with Gasteiger partial charge < -0.3 is 21.5 Å². The third-order valence-corrected chi connectivity index (χ3v) is 5.44. The molecule has 0 bridgehead atoms. The van der Waals surface area contributed by atoms with Gasteiger partial charge in [-0.15, -0.1) is 0 Å². The number of nitrogens with one attached hydrogen (secondary N) is 2. The van der Waals surface area contributed by atoms with Gasteiger partial charge in [-0.1, -0.05) is 26.0 Å². The van der Waals surface area contributed by atoms with Crippen molar-refractivity contribution in [2.24, 2.45) is 7.05 Å². The molecule has 10 nitrogen and oxygen atoms in total. The van der Waals surface area contributed by atoms with Crippen molar-refractivity contribution >= 4 is 17.3 Å². The molecule has 0 amide bonds. The molecule has 0 radical (unpaired) electrons. The van der Waals surface area contributed by atoms with E-state index in [1.54, 1.807) is 16.8 Å². The highest BCUT2D eigenvalue weighted by molar-refractivity contribution is 5.60. The number of nitrogens with two attached hydrogens (primary N) is 1. The summed E-state index contributed by atoms with van der Waals surface area (Å²) in [4.78, 5) is 25.6. The number of hydrogen-bond acceptors (Lipinski definition) is 7. The first-order chi connectivity index (χ1) is 15.8. The number of nitrogens with zero attached hydrogens (tertiary/aromatic N) is 4. The van der Waals surface area contributed by atoms with Crippen LogP contribution in [-0.4, -0.2) is 30.6 Å². The van der Waals surface area contributed by atoms with Crippen LogP contribution in [0.3, 0.4) is 0 Å². The fraction of sp³-hybridized carbons (Fsp3) is 0.435. The molecule has 1 aromatic carbocycles. The van der Waals surface area contributed by atoms with Crippen molar-refractivity contribution in [3.63, 3.8) is 0 Å². The van der Waals surface area contributed by atoms with Gasteiger partial charge in [0, 0.05) is 32.7 Å². The highest BCUT2D eigenvalue weighted by Crippen LogP contribution is 2.15. The van der Waals surface area contributed by atoms with Crippen LogP contribution in [0.1, 0.15) is 37.9 Å². The van der Waals surface area contributed by atoms with E-state index in [4.69, 9.17) is 5.73 Å². The Balaban J connectivity index is 1.72. The van der Waals surface area contributed by atoms with Crippen molar-refractivity contribution in [1.82, 2.24) is 18.9 Å². The van der Waals surface area contributed by atoms with Gasteiger partial charge in [-0.3, -0.25) is 18.6 Å². The summed E-state index contributed by atoms with van der Waals surface area (Å²) in [6.07, 6.45) is 2.19. The molecule has 0 fully saturated rings. The van der Waals surface area contributed by atoms with Crippen LogP contribution in [0.25, 0.3) is 0 Å². The third kappa shape index (κ3) is 5.57. The average molecular weight is 456 g/mol. The van der Waals surface area contributed by atoms with Gasteiger partial charge >= 0.3 is 5.69 Å². The molecular formula is C23H33N7O3. The molecule has 0 aliphatic rings. The molecule has 2 heterocycles. The molecule has 178 valence electrons. The number of phenolic OH excluding ortho intramolecular Hbond substituents is 1. The molecule has 0 saturated carbocycles. The lowest BCUT2D eigenvalue weighted by Gasteiger charge is -2.17. The predicted molar refractivity (Wildman–Crippen MR) is 131 cm³/mol. The first-order valence-corrected chi connectivity index (χ1v) is 11.3. The van der Waals surface area contributed by atoms with Crippen molar-refractivity contribution in [2.45, 2.75) is 52.7 Å². The lowest BCUT2D eigenvalue weighted by Crippen LogP contribution is -2.42. The molecule has 10 heteroatoms. The molecule has 0 atom stereocenters. The Morgan fingerprint density at radius 3 is 2.36 bits per heavy atom. The normalized spacial score (nSPS) is 11.0. The van der Waals surface area contributed by atoms with Crippen LogP contribution in [0.15, 0.2) is 39.9 Å². The lowest BCUT2D eigenvalue weighted by molar-refractivity contribution is 0.475. The van der Waals surface area contributed by atoms with Crippen LogP contribution in [-0.2, 0) is 33.1 Å². The van der Waals surface area contributed by atoms with Gasteiger partial charge in [0.15, 0.2) is 0 Å². The number of phenols is 1. The topological polar surface area (TPSA) is 132 Å². The summed E-state index contributed by atoms with van der Waals surface area (Å²) in [5.74, 6) is 1.13. The number of nitrogen functional groups attached to an aromatic ring is 1. The van der Waals surface area contributed by atoms with E-state index in [0.29, 0.717) is 32.6 Å². The Labute approximate surface area is 192 Å². The van der Waals surface area contributed by atoms with Crippen molar-refractivity contribution in [2.75, 3.05) is 22.9 Å². The van der Waals surface area contributed by atoms with Crippen molar-refractivity contribution in [3.8, 4) is 5.75 Å². The minimum Gasteiger partial charge on any atom is -0.508 e. The van der Waals surface area contributed by atoms with Gasteiger partial charge in [-0.05, 0) is 37.0 Å². The monoisotopic (exact) mass is 455 g/mol. The van der Waals surface area contributed by atoms with Crippen molar-refractivity contribution in [1.29, 1.82) is 0 Å². The quantitative estimate of drug-likeness (QED) is 0.348. The van der Waals surface area contributed by atoms with Crippen LogP contribution >= 0.6 is 0 Å². The molecule has 0 spiro atoms. The largest absolute Gasteiger partial charge is 0.508 e. The molecule has 0 saturated heterocycles. The molecule has 0 aliphatic heterocycles. The van der Waals surface area contributed by atoms with Gasteiger partial charge in [0.2, 0.25) is 0 Å². The number of anilines is 3. The van der Waals surface area contributed by atoms with E-state index < -0.39 is 5.56 Å². The molecule has 3 rings (SSSR count). The number of aryl methyl sites for hydroxylation is 1. The molecule has 3 aromatic rings. The molecular weight excluding hydrogens is 422 g/mol. The maximum Gasteiger partial charge on any atom is 0.332 e. The molecule has 0 aliphatic carbocycles. The third-order valence-electron chi connectivity index (χ3n) is 5.44. The van der Waals surface area contributed by atoms with Crippen LogP contribution in [0.4, 0.5) is 17.3 Å². The van der Waals surface area contributed by atoms with E-state index in [1.165, 1.54) is 9.13 Å². The van der Waals surface area contributed by atoms with Gasteiger partial charge in [-0.2, -0.15) is 5.10 Å². The highest BCUT2D eigenvalue weighted by Gasteiger charge is 2.17. The fourth-order valence-electron chi connectivity index (χ4n) is 3.68. The molecule has 2 aromatic heterocycles. The van der Waals surface area contributed by atoms with Crippen molar-refractivity contribution < 1.29 is 5.11 Å². The Bertz CT molecular complexity index is 1190. The minimum absolute atomic E-state index is 0.161. The van der Waals surface area contributed by atoms with Crippen LogP contribution in [0.5, 0.6) is 5.75 Å². The summed E-state index contributed by atoms with van der Waals surface area (Å²) in [5.41, 5.74) is 7.64. The second-order valence-electron chi connectivity index (χ2n) is 7.99. The number of aromatic hydroxyl groups is 1. The smallest absolute Gasteiger partial charge is 0.332 e. The maximum atomic E-state index is 12.9. The summed E-state index contributed by atoms with van der Waals surface area (Å²) in [5, 5.41) is 20.3. The van der Waals surface area contributed by atoms with E-state index >= 15 is 0 Å².